The molecular weight excluding hydrogens is 302 g/mol. The lowest BCUT2D eigenvalue weighted by Crippen LogP contribution is -2.09. The van der Waals surface area contributed by atoms with Crippen molar-refractivity contribution in [1.29, 1.82) is 0 Å². The molecule has 1 atom stereocenters. The maximum Gasteiger partial charge on any atom is 0.224 e. The molecule has 0 saturated carbocycles. The summed E-state index contributed by atoms with van der Waals surface area (Å²) in [6.45, 7) is 2.16. The van der Waals surface area contributed by atoms with Gasteiger partial charge < -0.3 is 5.32 Å². The normalized spacial score (nSPS) is 16.0. The van der Waals surface area contributed by atoms with Gasteiger partial charge in [0.1, 0.15) is 0 Å². The smallest absolute Gasteiger partial charge is 0.224 e. The zero-order valence-electron chi connectivity index (χ0n) is 12.0. The van der Waals surface area contributed by atoms with Crippen molar-refractivity contribution in [3.63, 3.8) is 0 Å². The van der Waals surface area contributed by atoms with Crippen molar-refractivity contribution in [2.45, 2.75) is 38.0 Å². The molecule has 1 aliphatic heterocycles. The van der Waals surface area contributed by atoms with Gasteiger partial charge in [0.25, 0.3) is 0 Å². The molecular formula is C17H18ClNOS. The van der Waals surface area contributed by atoms with E-state index >= 15 is 0 Å². The molecule has 21 heavy (non-hydrogen) atoms. The quantitative estimate of drug-likeness (QED) is 0.800. The molecule has 2 nitrogen and oxygen atoms in total. The third-order valence-corrected chi connectivity index (χ3v) is 5.74. The Hall–Kier alpha value is -1.32. The number of benzene rings is 1. The number of alkyl halides is 1. The molecule has 0 spiro atoms. The molecule has 110 valence electrons. The number of aryl methyl sites for hydroxylation is 2. The van der Waals surface area contributed by atoms with E-state index in [-0.39, 0.29) is 11.3 Å². The Morgan fingerprint density at radius 3 is 2.90 bits per heavy atom. The average molecular weight is 320 g/mol. The fourth-order valence-electron chi connectivity index (χ4n) is 2.64. The van der Waals surface area contributed by atoms with Crippen LogP contribution >= 0.6 is 22.9 Å². The van der Waals surface area contributed by atoms with E-state index in [1.54, 1.807) is 11.3 Å². The van der Waals surface area contributed by atoms with Crippen LogP contribution in [0.4, 0.5) is 5.69 Å². The largest absolute Gasteiger partial charge is 0.326 e. The van der Waals surface area contributed by atoms with E-state index in [1.807, 2.05) is 12.1 Å². The molecule has 1 aromatic carbocycles. The van der Waals surface area contributed by atoms with E-state index < -0.39 is 0 Å². The van der Waals surface area contributed by atoms with Crippen molar-refractivity contribution in [2.75, 3.05) is 5.32 Å². The van der Waals surface area contributed by atoms with E-state index in [2.05, 4.69) is 30.4 Å². The van der Waals surface area contributed by atoms with E-state index in [9.17, 15) is 4.79 Å². The molecule has 0 bridgehead atoms. The van der Waals surface area contributed by atoms with Gasteiger partial charge in [-0.3, -0.25) is 4.79 Å². The molecule has 2 aromatic rings. The molecule has 1 aliphatic rings. The second kappa shape index (κ2) is 6.20. The lowest BCUT2D eigenvalue weighted by Gasteiger charge is -2.12. The summed E-state index contributed by atoms with van der Waals surface area (Å²) in [5.74, 6) is 0.106. The van der Waals surface area contributed by atoms with Crippen LogP contribution in [-0.4, -0.2) is 5.91 Å². The number of hydrogen-bond donors (Lipinski definition) is 1. The first-order valence-electron chi connectivity index (χ1n) is 7.32. The molecule has 0 radical (unpaired) electrons. The summed E-state index contributed by atoms with van der Waals surface area (Å²) in [6, 6.07) is 10.4. The van der Waals surface area contributed by atoms with Crippen LogP contribution in [0.1, 0.15) is 46.0 Å². The highest BCUT2D eigenvalue weighted by molar-refractivity contribution is 7.12. The number of carbonyl (C=O) groups excluding carboxylic acids is 1. The average Bonchev–Trinajstić information content (AvgIpc) is 2.89. The van der Waals surface area contributed by atoms with Gasteiger partial charge in [-0.1, -0.05) is 19.1 Å². The molecule has 1 amide bonds. The molecule has 2 heterocycles. The van der Waals surface area contributed by atoms with Crippen molar-refractivity contribution in [3.8, 4) is 0 Å². The highest BCUT2D eigenvalue weighted by atomic mass is 35.5. The van der Waals surface area contributed by atoms with Gasteiger partial charge in [0.2, 0.25) is 5.91 Å². The van der Waals surface area contributed by atoms with Gasteiger partial charge in [0, 0.05) is 21.9 Å². The first-order chi connectivity index (χ1) is 10.2. The number of rotatable bonds is 3. The van der Waals surface area contributed by atoms with Crippen LogP contribution in [0.2, 0.25) is 0 Å². The number of nitrogens with one attached hydrogen (secondary N) is 1. The zero-order valence-corrected chi connectivity index (χ0v) is 13.6. The van der Waals surface area contributed by atoms with Crippen molar-refractivity contribution >= 4 is 34.5 Å². The van der Waals surface area contributed by atoms with Gasteiger partial charge in [-0.05, 0) is 48.6 Å². The summed E-state index contributed by atoms with van der Waals surface area (Å²) >= 11 is 8.41. The van der Waals surface area contributed by atoms with Crippen LogP contribution in [0.15, 0.2) is 30.3 Å². The highest BCUT2D eigenvalue weighted by Gasteiger charge is 2.17. The van der Waals surface area contributed by atoms with Crippen LogP contribution < -0.4 is 5.32 Å². The number of carbonyl (C=O) groups is 1. The van der Waals surface area contributed by atoms with Crippen molar-refractivity contribution < 1.29 is 4.79 Å². The van der Waals surface area contributed by atoms with E-state index in [4.69, 9.17) is 11.6 Å². The lowest BCUT2D eigenvalue weighted by molar-refractivity contribution is -0.116. The van der Waals surface area contributed by atoms with E-state index in [1.165, 1.54) is 15.3 Å². The minimum absolute atomic E-state index is 0.106. The zero-order chi connectivity index (χ0) is 14.8. The third-order valence-electron chi connectivity index (χ3n) is 3.83. The molecule has 0 saturated heterocycles. The van der Waals surface area contributed by atoms with Gasteiger partial charge in [0.05, 0.1) is 5.38 Å². The predicted octanol–water partition coefficient (Wildman–Crippen LogP) is 4.91. The Balaban J connectivity index is 1.89. The van der Waals surface area contributed by atoms with Crippen LogP contribution in [0.25, 0.3) is 0 Å². The molecule has 1 unspecified atom stereocenters. The molecule has 1 aromatic heterocycles. The fraction of sp³-hybridized carbons (Fsp3) is 0.353. The SMILES string of the molecule is CCc1ccc(C(Cl)c2ccc3c(c2)CCCC(=O)N3)s1. The van der Waals surface area contributed by atoms with Crippen LogP contribution in [0.3, 0.4) is 0 Å². The third kappa shape index (κ3) is 3.14. The van der Waals surface area contributed by atoms with Crippen LogP contribution in [0.5, 0.6) is 0 Å². The summed E-state index contributed by atoms with van der Waals surface area (Å²) in [6.07, 6.45) is 3.47. The number of halogens is 1. The summed E-state index contributed by atoms with van der Waals surface area (Å²) in [4.78, 5) is 14.1. The second-order valence-corrected chi connectivity index (χ2v) is 6.97. The van der Waals surface area contributed by atoms with Gasteiger partial charge in [0.15, 0.2) is 0 Å². The van der Waals surface area contributed by atoms with Crippen molar-refractivity contribution in [3.05, 3.63) is 51.2 Å². The Labute approximate surface area is 134 Å². The predicted molar refractivity (Wildman–Crippen MR) is 89.4 cm³/mol. The summed E-state index contributed by atoms with van der Waals surface area (Å²) in [5.41, 5.74) is 3.23. The van der Waals surface area contributed by atoms with E-state index in [0.717, 1.165) is 30.5 Å². The highest BCUT2D eigenvalue weighted by Crippen LogP contribution is 2.36. The monoisotopic (exact) mass is 319 g/mol. The summed E-state index contributed by atoms with van der Waals surface area (Å²) in [7, 11) is 0. The van der Waals surface area contributed by atoms with E-state index in [0.29, 0.717) is 6.42 Å². The van der Waals surface area contributed by atoms with Crippen molar-refractivity contribution in [2.24, 2.45) is 0 Å². The number of amides is 1. The topological polar surface area (TPSA) is 29.1 Å². The van der Waals surface area contributed by atoms with Gasteiger partial charge >= 0.3 is 0 Å². The molecule has 0 fully saturated rings. The van der Waals surface area contributed by atoms with Gasteiger partial charge in [-0.25, -0.2) is 0 Å². The Morgan fingerprint density at radius 1 is 1.29 bits per heavy atom. The molecule has 4 heteroatoms. The number of fused-ring (bicyclic) bond motifs is 1. The van der Waals surface area contributed by atoms with Gasteiger partial charge in [-0.15, -0.1) is 22.9 Å². The maximum absolute atomic E-state index is 11.6. The molecule has 3 rings (SSSR count). The Morgan fingerprint density at radius 2 is 2.14 bits per heavy atom. The molecule has 0 aliphatic carbocycles. The summed E-state index contributed by atoms with van der Waals surface area (Å²) < 4.78 is 0. The fourth-order valence-corrected chi connectivity index (χ4v) is 3.94. The summed E-state index contributed by atoms with van der Waals surface area (Å²) in [5, 5.41) is 2.85. The van der Waals surface area contributed by atoms with Gasteiger partial charge in [-0.2, -0.15) is 0 Å². The second-order valence-electron chi connectivity index (χ2n) is 5.34. The first-order valence-corrected chi connectivity index (χ1v) is 8.58. The first kappa shape index (κ1) is 14.6. The number of anilines is 1. The Bertz CT molecular complexity index is 665. The number of hydrogen-bond acceptors (Lipinski definition) is 2. The maximum atomic E-state index is 11.6. The van der Waals surface area contributed by atoms with Crippen molar-refractivity contribution in [1.82, 2.24) is 0 Å². The Kier molecular flexibility index (Phi) is 4.32. The minimum atomic E-state index is -0.112. The van der Waals surface area contributed by atoms with Crippen LogP contribution in [0, 0.1) is 0 Å². The molecule has 1 N–H and O–H groups in total. The van der Waals surface area contributed by atoms with Crippen LogP contribution in [-0.2, 0) is 17.6 Å². The standard InChI is InChI=1S/C17H18ClNOS/c1-2-13-7-9-15(21-13)17(18)12-6-8-14-11(10-12)4-3-5-16(20)19-14/h6-10,17H,2-5H2,1H3,(H,19,20). The number of thiophene rings is 1. The minimum Gasteiger partial charge on any atom is -0.326 e. The lowest BCUT2D eigenvalue weighted by atomic mass is 10.0.